The first-order valence-corrected chi connectivity index (χ1v) is 7.20. The molecule has 2 aromatic heterocycles. The van der Waals surface area contributed by atoms with Crippen LogP contribution in [0.25, 0.3) is 11.0 Å². The highest BCUT2D eigenvalue weighted by Crippen LogP contribution is 2.22. The molecule has 2 N–H and O–H groups in total. The minimum Gasteiger partial charge on any atom is -0.380 e. The van der Waals surface area contributed by atoms with Crippen molar-refractivity contribution in [2.24, 2.45) is 0 Å². The molecule has 22 heavy (non-hydrogen) atoms. The first-order chi connectivity index (χ1) is 10.7. The number of H-pyrrole nitrogens is 1. The SMILES string of the molecule is C=CC(=O)N1C[C@H](Nc2ncnc3[nH]ccc23)C[C@@H](OC)C1. The molecule has 0 aliphatic carbocycles. The Morgan fingerprint density at radius 1 is 1.55 bits per heavy atom. The Balaban J connectivity index is 1.79. The van der Waals surface area contributed by atoms with Gasteiger partial charge in [0.15, 0.2) is 0 Å². The Morgan fingerprint density at radius 2 is 2.41 bits per heavy atom. The van der Waals surface area contributed by atoms with Crippen molar-refractivity contribution in [2.75, 3.05) is 25.5 Å². The minimum atomic E-state index is -0.0805. The lowest BCUT2D eigenvalue weighted by atomic mass is 10.0. The topological polar surface area (TPSA) is 83.1 Å². The molecular weight excluding hydrogens is 282 g/mol. The Bertz CT molecular complexity index is 683. The Labute approximate surface area is 128 Å². The quantitative estimate of drug-likeness (QED) is 0.828. The summed E-state index contributed by atoms with van der Waals surface area (Å²) in [5.74, 6) is 0.682. The van der Waals surface area contributed by atoms with E-state index in [1.165, 1.54) is 12.4 Å². The summed E-state index contributed by atoms with van der Waals surface area (Å²) < 4.78 is 5.45. The third kappa shape index (κ3) is 2.80. The van der Waals surface area contributed by atoms with Crippen LogP contribution in [0.3, 0.4) is 0 Å². The van der Waals surface area contributed by atoms with Gasteiger partial charge in [-0.05, 0) is 18.6 Å². The number of fused-ring (bicyclic) bond motifs is 1. The van der Waals surface area contributed by atoms with Gasteiger partial charge in [-0.1, -0.05) is 6.58 Å². The van der Waals surface area contributed by atoms with Crippen molar-refractivity contribution in [1.82, 2.24) is 19.9 Å². The van der Waals surface area contributed by atoms with Gasteiger partial charge < -0.3 is 19.9 Å². The van der Waals surface area contributed by atoms with Crippen LogP contribution >= 0.6 is 0 Å². The highest BCUT2D eigenvalue weighted by atomic mass is 16.5. The van der Waals surface area contributed by atoms with Crippen molar-refractivity contribution in [3.8, 4) is 0 Å². The molecule has 0 bridgehead atoms. The van der Waals surface area contributed by atoms with E-state index in [4.69, 9.17) is 4.74 Å². The number of carbonyl (C=O) groups is 1. The molecule has 2 aromatic rings. The molecule has 7 heteroatoms. The molecule has 0 aromatic carbocycles. The molecule has 0 spiro atoms. The smallest absolute Gasteiger partial charge is 0.246 e. The molecule has 1 amide bonds. The predicted octanol–water partition coefficient (Wildman–Crippen LogP) is 1.17. The van der Waals surface area contributed by atoms with E-state index in [1.807, 2.05) is 12.3 Å². The predicted molar refractivity (Wildman–Crippen MR) is 83.5 cm³/mol. The van der Waals surface area contributed by atoms with Crippen molar-refractivity contribution >= 4 is 22.8 Å². The summed E-state index contributed by atoms with van der Waals surface area (Å²) in [6.07, 6.45) is 5.50. The second kappa shape index (κ2) is 6.15. The number of hydrogen-bond donors (Lipinski definition) is 2. The number of nitrogens with one attached hydrogen (secondary N) is 2. The van der Waals surface area contributed by atoms with Crippen LogP contribution in [0.5, 0.6) is 0 Å². The standard InChI is InChI=1S/C15H19N5O2/c1-3-13(21)20-7-10(6-11(8-20)22-2)19-15-12-4-5-16-14(12)17-9-18-15/h3-5,9-11H,1,6-8H2,2H3,(H2,16,17,18,19)/t10-,11-/m1/s1. The van der Waals surface area contributed by atoms with Crippen LogP contribution in [-0.4, -0.2) is 58.1 Å². The summed E-state index contributed by atoms with van der Waals surface area (Å²) in [6.45, 7) is 4.74. The molecule has 3 rings (SSSR count). The number of anilines is 1. The van der Waals surface area contributed by atoms with Crippen molar-refractivity contribution in [3.63, 3.8) is 0 Å². The van der Waals surface area contributed by atoms with Gasteiger partial charge >= 0.3 is 0 Å². The van der Waals surface area contributed by atoms with Crippen LogP contribution in [0.15, 0.2) is 31.2 Å². The van der Waals surface area contributed by atoms with E-state index in [-0.39, 0.29) is 18.1 Å². The van der Waals surface area contributed by atoms with Gasteiger partial charge in [0.2, 0.25) is 5.91 Å². The van der Waals surface area contributed by atoms with Crippen LogP contribution in [0.2, 0.25) is 0 Å². The van der Waals surface area contributed by atoms with Gasteiger partial charge in [-0.2, -0.15) is 0 Å². The number of ether oxygens (including phenoxy) is 1. The maximum atomic E-state index is 11.9. The van der Waals surface area contributed by atoms with Gasteiger partial charge in [0.05, 0.1) is 11.5 Å². The number of hydrogen-bond acceptors (Lipinski definition) is 5. The summed E-state index contributed by atoms with van der Waals surface area (Å²) >= 11 is 0. The van der Waals surface area contributed by atoms with Crippen molar-refractivity contribution < 1.29 is 9.53 Å². The van der Waals surface area contributed by atoms with E-state index < -0.39 is 0 Å². The van der Waals surface area contributed by atoms with Crippen molar-refractivity contribution in [3.05, 3.63) is 31.2 Å². The summed E-state index contributed by atoms with van der Waals surface area (Å²) in [7, 11) is 1.67. The van der Waals surface area contributed by atoms with E-state index in [1.54, 1.807) is 12.0 Å². The number of likely N-dealkylation sites (tertiary alicyclic amines) is 1. The van der Waals surface area contributed by atoms with Gasteiger partial charge in [0.1, 0.15) is 17.8 Å². The lowest BCUT2D eigenvalue weighted by molar-refractivity contribution is -0.129. The van der Waals surface area contributed by atoms with Crippen molar-refractivity contribution in [1.29, 1.82) is 0 Å². The average Bonchev–Trinajstić information content (AvgIpc) is 3.03. The van der Waals surface area contributed by atoms with Crippen LogP contribution < -0.4 is 5.32 Å². The molecule has 1 saturated heterocycles. The Kier molecular flexibility index (Phi) is 4.06. The first-order valence-electron chi connectivity index (χ1n) is 7.20. The van der Waals surface area contributed by atoms with E-state index in [0.717, 1.165) is 23.3 Å². The van der Waals surface area contributed by atoms with E-state index in [0.29, 0.717) is 13.1 Å². The minimum absolute atomic E-state index is 0.00120. The van der Waals surface area contributed by atoms with Gasteiger partial charge in [-0.25, -0.2) is 9.97 Å². The van der Waals surface area contributed by atoms with Crippen LogP contribution in [-0.2, 0) is 9.53 Å². The fourth-order valence-corrected chi connectivity index (χ4v) is 2.82. The van der Waals surface area contributed by atoms with Gasteiger partial charge in [0, 0.05) is 32.4 Å². The maximum absolute atomic E-state index is 11.9. The molecular formula is C15H19N5O2. The summed E-state index contributed by atoms with van der Waals surface area (Å²) in [5, 5.41) is 4.34. The summed E-state index contributed by atoms with van der Waals surface area (Å²) in [5.41, 5.74) is 0.788. The average molecular weight is 301 g/mol. The molecule has 116 valence electrons. The number of carbonyl (C=O) groups excluding carboxylic acids is 1. The molecule has 1 fully saturated rings. The van der Waals surface area contributed by atoms with Crippen LogP contribution in [0.1, 0.15) is 6.42 Å². The summed E-state index contributed by atoms with van der Waals surface area (Å²) in [4.78, 5) is 25.2. The molecule has 1 aliphatic rings. The fourth-order valence-electron chi connectivity index (χ4n) is 2.82. The molecule has 0 radical (unpaired) electrons. The highest BCUT2D eigenvalue weighted by molar-refractivity contribution is 5.88. The number of piperidine rings is 1. The van der Waals surface area contributed by atoms with E-state index >= 15 is 0 Å². The second-order valence-corrected chi connectivity index (χ2v) is 5.34. The van der Waals surface area contributed by atoms with Gasteiger partial charge in [0.25, 0.3) is 0 Å². The van der Waals surface area contributed by atoms with E-state index in [2.05, 4.69) is 26.8 Å². The zero-order valence-electron chi connectivity index (χ0n) is 12.5. The van der Waals surface area contributed by atoms with E-state index in [9.17, 15) is 4.79 Å². The lowest BCUT2D eigenvalue weighted by Gasteiger charge is -2.37. The number of aromatic amines is 1. The number of amides is 1. The fraction of sp³-hybridized carbons (Fsp3) is 0.400. The zero-order chi connectivity index (χ0) is 15.5. The normalized spacial score (nSPS) is 21.8. The number of nitrogens with zero attached hydrogens (tertiary/aromatic N) is 3. The first kappa shape index (κ1) is 14.5. The molecule has 0 unspecified atom stereocenters. The number of methoxy groups -OCH3 is 1. The number of rotatable bonds is 4. The summed E-state index contributed by atoms with van der Waals surface area (Å²) in [6, 6.07) is 2.00. The molecule has 2 atom stereocenters. The van der Waals surface area contributed by atoms with Gasteiger partial charge in [-0.3, -0.25) is 4.79 Å². The number of aromatic nitrogens is 3. The maximum Gasteiger partial charge on any atom is 0.246 e. The third-order valence-corrected chi connectivity index (χ3v) is 3.93. The van der Waals surface area contributed by atoms with Gasteiger partial charge in [-0.15, -0.1) is 0 Å². The highest BCUT2D eigenvalue weighted by Gasteiger charge is 2.29. The van der Waals surface area contributed by atoms with Crippen LogP contribution in [0.4, 0.5) is 5.82 Å². The monoisotopic (exact) mass is 301 g/mol. The lowest BCUT2D eigenvalue weighted by Crippen LogP contribution is -2.51. The second-order valence-electron chi connectivity index (χ2n) is 5.34. The largest absolute Gasteiger partial charge is 0.380 e. The van der Waals surface area contributed by atoms with Crippen LogP contribution in [0, 0.1) is 0 Å². The molecule has 1 aliphatic heterocycles. The molecule has 7 nitrogen and oxygen atoms in total. The third-order valence-electron chi connectivity index (χ3n) is 3.93. The zero-order valence-corrected chi connectivity index (χ0v) is 12.5. The van der Waals surface area contributed by atoms with Crippen molar-refractivity contribution in [2.45, 2.75) is 18.6 Å². The Morgan fingerprint density at radius 3 is 3.18 bits per heavy atom. The Hall–Kier alpha value is -2.41. The molecule has 3 heterocycles. The molecule has 0 saturated carbocycles.